The molecule has 3 aromatic carbocycles. The van der Waals surface area contributed by atoms with E-state index >= 15 is 0 Å². The fraction of sp³-hybridized carbons (Fsp3) is 0. The molecular weight excluding hydrogens is 692 g/mol. The van der Waals surface area contributed by atoms with Crippen molar-refractivity contribution in [1.29, 1.82) is 0 Å². The second kappa shape index (κ2) is 6.98. The van der Waals surface area contributed by atoms with Crippen LogP contribution >= 0.6 is 25.5 Å². The first kappa shape index (κ1) is 19.9. The number of halogens is 3. The molecule has 8 nitrogen and oxygen atoms in total. The predicted octanol–water partition coefficient (Wildman–Crippen LogP) is -4.69. The van der Waals surface area contributed by atoms with Gasteiger partial charge in [0.15, 0.2) is 0 Å². The molecule has 26 heavy (non-hydrogen) atoms. The molecule has 0 radical (unpaired) electrons. The van der Waals surface area contributed by atoms with Gasteiger partial charge in [-0.25, -0.2) is 0 Å². The molecule has 0 amide bonds. The fourth-order valence-electron chi connectivity index (χ4n) is 3.00. The Morgan fingerprint density at radius 3 is 1.00 bits per heavy atom. The average Bonchev–Trinajstić information content (AvgIpc) is 2.64. The minimum atomic E-state index is -0.555. The molecule has 1 atom stereocenters. The zero-order chi connectivity index (χ0) is 19.5. The van der Waals surface area contributed by atoms with Crippen LogP contribution in [-0.4, -0.2) is 0 Å². The van der Waals surface area contributed by atoms with E-state index in [1.54, 1.807) is 0 Å². The van der Waals surface area contributed by atoms with Crippen LogP contribution in [-0.2, 0) is 0 Å². The number of anilines is 8. The molecule has 0 spiro atoms. The fourth-order valence-corrected chi connectivity index (χ4v) is 10.5. The van der Waals surface area contributed by atoms with Gasteiger partial charge in [-0.15, -0.1) is 0 Å². The zero-order valence-corrected chi connectivity index (χ0v) is 21.0. The topological polar surface area (TPSA) is 208 Å². The molecule has 0 aliphatic rings. The molecule has 0 saturated carbocycles. The monoisotopic (exact) mass is 710 g/mol. The molecule has 3 aromatic rings. The van der Waals surface area contributed by atoms with Crippen molar-refractivity contribution in [3.8, 4) is 0 Å². The van der Waals surface area contributed by atoms with E-state index in [4.69, 9.17) is 45.9 Å². The van der Waals surface area contributed by atoms with E-state index in [0.29, 0.717) is 22.7 Å². The number of rotatable bonds is 2. The van der Waals surface area contributed by atoms with Crippen LogP contribution in [0.4, 0.5) is 45.5 Å². The quantitative estimate of drug-likeness (QED) is 0.0560. The number of nitrogens with two attached hydrogens (primary N) is 8. The summed E-state index contributed by atoms with van der Waals surface area (Å²) in [5.41, 5.74) is 52.7. The molecule has 1 unspecified atom stereocenters. The van der Waals surface area contributed by atoms with Gasteiger partial charge in [-0.3, -0.25) is 0 Å². The third kappa shape index (κ3) is 2.53. The van der Waals surface area contributed by atoms with Crippen molar-refractivity contribution in [1.82, 2.24) is 0 Å². The van der Waals surface area contributed by atoms with Crippen LogP contribution in [0.2, 0.25) is 0 Å². The first-order chi connectivity index (χ1) is 12.2. The molecule has 0 aromatic heterocycles. The van der Waals surface area contributed by atoms with E-state index in [1.807, 2.05) is 0 Å². The van der Waals surface area contributed by atoms with Crippen molar-refractivity contribution >= 4 is 92.5 Å². The summed E-state index contributed by atoms with van der Waals surface area (Å²) in [7, 11) is 0. The molecule has 0 aliphatic carbocycles. The molecule has 16 N–H and O–H groups in total. The molecule has 12 heteroatoms. The predicted molar refractivity (Wildman–Crippen MR) is 118 cm³/mol. The van der Waals surface area contributed by atoms with E-state index in [-0.39, 0.29) is 22.7 Å². The summed E-state index contributed by atoms with van der Waals surface area (Å²) in [6, 6.07) is 0. The maximum atomic E-state index is 6.37. The Kier molecular flexibility index (Phi) is 5.35. The Labute approximate surface area is 181 Å². The van der Waals surface area contributed by atoms with Gasteiger partial charge in [0.05, 0.1) is 0 Å². The van der Waals surface area contributed by atoms with Crippen molar-refractivity contribution in [2.24, 2.45) is 0 Å². The third-order valence-electron chi connectivity index (χ3n) is 4.38. The summed E-state index contributed by atoms with van der Waals surface area (Å²) in [4.78, 5) is 0. The second-order valence-corrected chi connectivity index (χ2v) is 13.0. The van der Waals surface area contributed by atoms with Gasteiger partial charge in [-0.1, -0.05) is 0 Å². The molecule has 0 aliphatic heterocycles. The summed E-state index contributed by atoms with van der Waals surface area (Å²) >= 11 is 1.29. The number of benzene rings is 3. The van der Waals surface area contributed by atoms with E-state index < -0.39 is 37.9 Å². The molecule has 0 saturated heterocycles. The number of hydrogen-bond acceptors (Lipinski definition) is 8. The Morgan fingerprint density at radius 1 is 0.500 bits per heavy atom. The normalized spacial score (nSPS) is 11.8. The van der Waals surface area contributed by atoms with Crippen LogP contribution in [0.15, 0.2) is 0 Å². The number of nitrogen functional groups attached to an aromatic ring is 8. The van der Waals surface area contributed by atoms with E-state index in [9.17, 15) is 0 Å². The van der Waals surface area contributed by atoms with Crippen LogP contribution in [0.1, 0.15) is 0 Å². The molecule has 0 fully saturated rings. The van der Waals surface area contributed by atoms with Crippen molar-refractivity contribution in [2.75, 3.05) is 45.9 Å². The number of hydrogen-bond donors (Lipinski definition) is 8. The molecule has 3 rings (SSSR count). The Balaban J connectivity index is 2.86. The van der Waals surface area contributed by atoms with Crippen LogP contribution in [0.25, 0.3) is 21.5 Å². The van der Waals surface area contributed by atoms with E-state index in [1.165, 1.54) is 0 Å². The van der Waals surface area contributed by atoms with Crippen LogP contribution < -0.4 is 83.8 Å². The van der Waals surface area contributed by atoms with Gasteiger partial charge in [-0.2, -0.15) is 0 Å². The summed E-state index contributed by atoms with van der Waals surface area (Å²) < 4.78 is 1.94. The minimum absolute atomic E-state index is 0.283. The average molecular weight is 710 g/mol. The second-order valence-electron chi connectivity index (χ2n) is 5.62. The van der Waals surface area contributed by atoms with Gasteiger partial charge in [0.25, 0.3) is 0 Å². The summed E-state index contributed by atoms with van der Waals surface area (Å²) in [5.74, 6) is 0. The standard InChI is InChI=1S/C14H18I3N8P/c15-16-5-1-3(9(20)13(24)11(22)7(1)18)6(17-26)4-2(5)8(19)12(23)14(25)10(4)21/h18-26H2/q-2. The Morgan fingerprint density at radius 2 is 0.769 bits per heavy atom. The van der Waals surface area contributed by atoms with Gasteiger partial charge >= 0.3 is 183 Å². The number of fused-ring (bicyclic) bond motifs is 2. The molecule has 0 bridgehead atoms. The van der Waals surface area contributed by atoms with E-state index in [2.05, 4.69) is 25.5 Å². The molecule has 0 heterocycles. The summed E-state index contributed by atoms with van der Waals surface area (Å²) in [6.45, 7) is 2.78. The SMILES string of the molecule is Nc1c(N)c(N)c2c([I-]I)c3c(N)c(N)c(N)c(N)c3c([I-]P)c2c1N. The van der Waals surface area contributed by atoms with Crippen molar-refractivity contribution in [3.63, 3.8) is 0 Å². The van der Waals surface area contributed by atoms with E-state index in [0.717, 1.165) is 28.7 Å². The van der Waals surface area contributed by atoms with Gasteiger partial charge in [0.2, 0.25) is 0 Å². The van der Waals surface area contributed by atoms with Gasteiger partial charge < -0.3 is 0 Å². The van der Waals surface area contributed by atoms with Gasteiger partial charge in [0, 0.05) is 0 Å². The van der Waals surface area contributed by atoms with Gasteiger partial charge in [0.1, 0.15) is 0 Å². The Bertz CT molecular complexity index is 935. The van der Waals surface area contributed by atoms with Crippen molar-refractivity contribution in [2.45, 2.75) is 0 Å². The summed E-state index contributed by atoms with van der Waals surface area (Å²) in [6.07, 6.45) is 0. The summed E-state index contributed by atoms with van der Waals surface area (Å²) in [5, 5.41) is 3.20. The first-order valence-corrected chi connectivity index (χ1v) is 19.7. The third-order valence-corrected chi connectivity index (χ3v) is 11.8. The molecule has 142 valence electrons. The molecular formula is C14H18I3N8P-2. The van der Waals surface area contributed by atoms with Gasteiger partial charge in [-0.05, 0) is 0 Å². The van der Waals surface area contributed by atoms with Crippen molar-refractivity contribution in [3.05, 3.63) is 7.14 Å². The Hall–Kier alpha value is -0.800. The maximum absolute atomic E-state index is 6.37. The van der Waals surface area contributed by atoms with Crippen LogP contribution in [0.5, 0.6) is 0 Å². The zero-order valence-electron chi connectivity index (χ0n) is 13.3. The van der Waals surface area contributed by atoms with Crippen LogP contribution in [0.3, 0.4) is 0 Å². The first-order valence-electron chi connectivity index (χ1n) is 7.05. The van der Waals surface area contributed by atoms with Crippen LogP contribution in [0, 0.1) is 7.14 Å². The van der Waals surface area contributed by atoms with Crippen molar-refractivity contribution < 1.29 is 37.9 Å².